The fourth-order valence-electron chi connectivity index (χ4n) is 5.26. The highest BCUT2D eigenvalue weighted by molar-refractivity contribution is 5.91. The van der Waals surface area contributed by atoms with Gasteiger partial charge in [0.2, 0.25) is 0 Å². The van der Waals surface area contributed by atoms with Gasteiger partial charge in [-0.1, -0.05) is 26.5 Å². The van der Waals surface area contributed by atoms with Crippen LogP contribution in [0.2, 0.25) is 0 Å². The third-order valence-corrected chi connectivity index (χ3v) is 6.22. The smallest absolute Gasteiger partial charge is 0.334 e. The van der Waals surface area contributed by atoms with Gasteiger partial charge in [0.1, 0.15) is 12.2 Å². The summed E-state index contributed by atoms with van der Waals surface area (Å²) in [6, 6.07) is 0. The minimum atomic E-state index is -0.516. The normalized spacial score (nSPS) is 44.8. The molecule has 0 bridgehead atoms. The third kappa shape index (κ3) is 2.50. The summed E-state index contributed by atoms with van der Waals surface area (Å²) in [5.41, 5.74) is -0.0133. The summed E-state index contributed by atoms with van der Waals surface area (Å²) in [5.74, 6) is -0.981. The van der Waals surface area contributed by atoms with Crippen molar-refractivity contribution in [1.29, 1.82) is 0 Å². The molecule has 1 saturated heterocycles. The Labute approximate surface area is 142 Å². The van der Waals surface area contributed by atoms with Crippen LogP contribution in [0.1, 0.15) is 40.0 Å². The van der Waals surface area contributed by atoms with E-state index >= 15 is 0 Å². The van der Waals surface area contributed by atoms with Crippen molar-refractivity contribution in [2.45, 2.75) is 58.3 Å². The van der Waals surface area contributed by atoms with Gasteiger partial charge in [0.25, 0.3) is 0 Å². The van der Waals surface area contributed by atoms with Crippen molar-refractivity contribution in [3.63, 3.8) is 0 Å². The molecule has 3 aliphatic rings. The Morgan fingerprint density at radius 2 is 2.21 bits per heavy atom. The maximum absolute atomic E-state index is 12.2. The molecular formula is C19H26O5. The number of esters is 2. The van der Waals surface area contributed by atoms with Crippen LogP contribution >= 0.6 is 0 Å². The number of aliphatic hydroxyl groups is 1. The number of rotatable bonds is 2. The van der Waals surface area contributed by atoms with E-state index in [1.54, 1.807) is 13.0 Å². The number of ether oxygens (including phenoxy) is 2. The highest BCUT2D eigenvalue weighted by atomic mass is 16.6. The summed E-state index contributed by atoms with van der Waals surface area (Å²) in [5, 5.41) is 10.5. The summed E-state index contributed by atoms with van der Waals surface area (Å²) >= 11 is 0. The minimum Gasteiger partial charge on any atom is -0.458 e. The van der Waals surface area contributed by atoms with Crippen LogP contribution in [0.5, 0.6) is 0 Å². The zero-order valence-electron chi connectivity index (χ0n) is 14.5. The average Bonchev–Trinajstić information content (AvgIpc) is 2.92. The Morgan fingerprint density at radius 1 is 1.50 bits per heavy atom. The number of allylic oxidation sites excluding steroid dienone is 1. The van der Waals surface area contributed by atoms with E-state index in [1.807, 2.05) is 0 Å². The first-order valence-corrected chi connectivity index (χ1v) is 8.70. The van der Waals surface area contributed by atoms with E-state index in [2.05, 4.69) is 20.4 Å². The van der Waals surface area contributed by atoms with Gasteiger partial charge >= 0.3 is 11.9 Å². The van der Waals surface area contributed by atoms with Crippen molar-refractivity contribution in [1.82, 2.24) is 0 Å². The quantitative estimate of drug-likeness (QED) is 0.620. The van der Waals surface area contributed by atoms with Gasteiger partial charge in [-0.15, -0.1) is 0 Å². The van der Waals surface area contributed by atoms with Crippen LogP contribution in [0.3, 0.4) is 0 Å². The van der Waals surface area contributed by atoms with E-state index in [9.17, 15) is 14.7 Å². The lowest BCUT2D eigenvalue weighted by atomic mass is 9.68. The lowest BCUT2D eigenvalue weighted by molar-refractivity contribution is -0.157. The van der Waals surface area contributed by atoms with Gasteiger partial charge in [-0.3, -0.25) is 0 Å². The van der Waals surface area contributed by atoms with Gasteiger partial charge in [-0.25, -0.2) is 9.59 Å². The van der Waals surface area contributed by atoms with Gasteiger partial charge in [0.05, 0.1) is 12.0 Å². The molecule has 2 saturated carbocycles. The molecule has 1 N–H and O–H groups in total. The molecule has 0 spiro atoms. The molecule has 3 fully saturated rings. The zero-order chi connectivity index (χ0) is 17.6. The first kappa shape index (κ1) is 17.2. The monoisotopic (exact) mass is 334 g/mol. The van der Waals surface area contributed by atoms with Crippen LogP contribution in [-0.2, 0) is 19.1 Å². The van der Waals surface area contributed by atoms with Crippen molar-refractivity contribution in [3.05, 3.63) is 24.3 Å². The van der Waals surface area contributed by atoms with Crippen LogP contribution in [0.15, 0.2) is 24.3 Å². The Hall–Kier alpha value is -1.62. The van der Waals surface area contributed by atoms with Gasteiger partial charge in [0.15, 0.2) is 0 Å². The number of fused-ring (bicyclic) bond motifs is 2. The molecule has 0 aromatic heterocycles. The highest BCUT2D eigenvalue weighted by Gasteiger charge is 2.61. The van der Waals surface area contributed by atoms with Crippen LogP contribution in [-0.4, -0.2) is 35.4 Å². The fraction of sp³-hybridized carbons (Fsp3) is 0.684. The number of hydrogen-bond donors (Lipinski definition) is 1. The summed E-state index contributed by atoms with van der Waals surface area (Å²) < 4.78 is 11.3. The zero-order valence-corrected chi connectivity index (χ0v) is 14.5. The lowest BCUT2D eigenvalue weighted by Gasteiger charge is -2.41. The second kappa shape index (κ2) is 6.03. The highest BCUT2D eigenvalue weighted by Crippen LogP contribution is 2.57. The van der Waals surface area contributed by atoms with E-state index in [0.717, 1.165) is 6.42 Å². The molecule has 24 heavy (non-hydrogen) atoms. The molecule has 0 aromatic rings. The predicted octanol–water partition coefficient (Wildman–Crippen LogP) is 2.39. The van der Waals surface area contributed by atoms with Gasteiger partial charge in [-0.2, -0.15) is 0 Å². The molecule has 1 aliphatic heterocycles. The van der Waals surface area contributed by atoms with E-state index < -0.39 is 29.6 Å². The molecule has 5 heteroatoms. The maximum atomic E-state index is 12.2. The topological polar surface area (TPSA) is 72.8 Å². The molecule has 7 atom stereocenters. The van der Waals surface area contributed by atoms with Crippen LogP contribution < -0.4 is 0 Å². The van der Waals surface area contributed by atoms with Gasteiger partial charge < -0.3 is 14.6 Å². The number of carbonyl (C=O) groups is 2. The second-order valence-electron chi connectivity index (χ2n) is 7.70. The summed E-state index contributed by atoms with van der Waals surface area (Å²) in [7, 11) is 0. The van der Waals surface area contributed by atoms with E-state index in [-0.39, 0.29) is 23.9 Å². The van der Waals surface area contributed by atoms with Crippen LogP contribution in [0.4, 0.5) is 0 Å². The molecule has 3 rings (SSSR count). The molecule has 132 valence electrons. The SMILES string of the molecule is C=C1C(=O)O[C@@H]2C[C@@H](C)[C@@H]3[C@@H](O)CC[C@@]3(C)[C@H](OC(=O)/C=C/C)[C@@H]12. The molecular weight excluding hydrogens is 308 g/mol. The number of carbonyl (C=O) groups excluding carboxylic acids is 2. The van der Waals surface area contributed by atoms with Crippen LogP contribution in [0, 0.1) is 23.2 Å². The molecule has 5 nitrogen and oxygen atoms in total. The van der Waals surface area contributed by atoms with Crippen molar-refractivity contribution < 1.29 is 24.2 Å². The minimum absolute atomic E-state index is 0.0120. The second-order valence-corrected chi connectivity index (χ2v) is 7.70. The largest absolute Gasteiger partial charge is 0.458 e. The first-order chi connectivity index (χ1) is 11.3. The Balaban J connectivity index is 2.04. The number of aliphatic hydroxyl groups excluding tert-OH is 1. The Bertz CT molecular complexity index is 595. The first-order valence-electron chi connectivity index (χ1n) is 8.70. The van der Waals surface area contributed by atoms with Crippen LogP contribution in [0.25, 0.3) is 0 Å². The number of hydrogen-bond acceptors (Lipinski definition) is 5. The van der Waals surface area contributed by atoms with E-state index in [4.69, 9.17) is 9.47 Å². The van der Waals surface area contributed by atoms with Gasteiger partial charge in [0, 0.05) is 17.1 Å². The fourth-order valence-corrected chi connectivity index (χ4v) is 5.26. The molecule has 0 unspecified atom stereocenters. The Kier molecular flexibility index (Phi) is 4.32. The molecule has 0 aromatic carbocycles. The van der Waals surface area contributed by atoms with Crippen molar-refractivity contribution in [3.8, 4) is 0 Å². The molecule has 1 heterocycles. The summed E-state index contributed by atoms with van der Waals surface area (Å²) in [6.45, 7) is 9.81. The predicted molar refractivity (Wildman–Crippen MR) is 87.8 cm³/mol. The Morgan fingerprint density at radius 3 is 2.88 bits per heavy atom. The maximum Gasteiger partial charge on any atom is 0.334 e. The molecule has 0 amide bonds. The van der Waals surface area contributed by atoms with E-state index in [1.165, 1.54) is 6.08 Å². The van der Waals surface area contributed by atoms with Gasteiger partial charge in [-0.05, 0) is 38.0 Å². The van der Waals surface area contributed by atoms with E-state index in [0.29, 0.717) is 18.4 Å². The van der Waals surface area contributed by atoms with Crippen molar-refractivity contribution in [2.75, 3.05) is 0 Å². The average molecular weight is 334 g/mol. The lowest BCUT2D eigenvalue weighted by Crippen LogP contribution is -2.46. The van der Waals surface area contributed by atoms with Crippen molar-refractivity contribution in [2.24, 2.45) is 23.2 Å². The summed E-state index contributed by atoms with van der Waals surface area (Å²) in [4.78, 5) is 24.2. The molecule has 0 radical (unpaired) electrons. The van der Waals surface area contributed by atoms with Crippen molar-refractivity contribution >= 4 is 11.9 Å². The standard InChI is InChI=1S/C19H26O5/c1-5-6-14(21)24-17-15-11(3)18(22)23-13(15)9-10(2)16-12(20)7-8-19(16,17)4/h5-6,10,12-13,15-17,20H,3,7-9H2,1-2,4H3/b6-5+/t10-,12+,13-,15+,16-,17-,19-/m1/s1. The molecule has 2 aliphatic carbocycles. The summed E-state index contributed by atoms with van der Waals surface area (Å²) in [6.07, 6.45) is 3.83. The third-order valence-electron chi connectivity index (χ3n) is 6.22.